The number of rotatable bonds is 6. The van der Waals surface area contributed by atoms with Crippen LogP contribution in [0.15, 0.2) is 24.3 Å². The summed E-state index contributed by atoms with van der Waals surface area (Å²) in [5, 5.41) is 4.19. The lowest BCUT2D eigenvalue weighted by Gasteiger charge is -2.13. The van der Waals surface area contributed by atoms with E-state index in [-0.39, 0.29) is 5.78 Å². The van der Waals surface area contributed by atoms with Crippen LogP contribution >= 0.6 is 0 Å². The fourth-order valence-electron chi connectivity index (χ4n) is 1.49. The Labute approximate surface area is 133 Å². The summed E-state index contributed by atoms with van der Waals surface area (Å²) in [6.07, 6.45) is -1.14. The third-order valence-corrected chi connectivity index (χ3v) is 2.76. The third kappa shape index (κ3) is 6.16. The van der Waals surface area contributed by atoms with Crippen LogP contribution in [0.25, 0.3) is 0 Å². The van der Waals surface area contributed by atoms with Crippen molar-refractivity contribution < 1.29 is 28.7 Å². The van der Waals surface area contributed by atoms with Crippen LogP contribution < -0.4 is 15.4 Å². The first-order valence-corrected chi connectivity index (χ1v) is 6.79. The van der Waals surface area contributed by atoms with Crippen molar-refractivity contribution in [2.45, 2.75) is 20.0 Å². The molecule has 23 heavy (non-hydrogen) atoms. The Bertz CT molecular complexity index is 596. The molecule has 0 aliphatic carbocycles. The van der Waals surface area contributed by atoms with Gasteiger partial charge in [0.05, 0.1) is 0 Å². The minimum absolute atomic E-state index is 0.0769. The predicted octanol–water partition coefficient (Wildman–Crippen LogP) is 0.655. The maximum absolute atomic E-state index is 11.6. The SMILES string of the molecule is CNC(=O)NC(=O)[C@@H](C)OC(=O)COc1ccc(C(C)=O)cc1. The molecule has 1 atom stereocenters. The molecule has 0 saturated carbocycles. The van der Waals surface area contributed by atoms with E-state index in [0.717, 1.165) is 0 Å². The van der Waals surface area contributed by atoms with Gasteiger partial charge in [0.2, 0.25) is 0 Å². The first-order valence-electron chi connectivity index (χ1n) is 6.79. The van der Waals surface area contributed by atoms with Crippen molar-refractivity contribution in [1.29, 1.82) is 0 Å². The van der Waals surface area contributed by atoms with Gasteiger partial charge in [-0.1, -0.05) is 0 Å². The van der Waals surface area contributed by atoms with E-state index in [1.807, 2.05) is 5.32 Å². The lowest BCUT2D eigenvalue weighted by atomic mass is 10.1. The molecule has 1 aromatic carbocycles. The highest BCUT2D eigenvalue weighted by atomic mass is 16.6. The lowest BCUT2D eigenvalue weighted by molar-refractivity contribution is -0.156. The predicted molar refractivity (Wildman–Crippen MR) is 80.1 cm³/mol. The van der Waals surface area contributed by atoms with E-state index in [1.54, 1.807) is 24.3 Å². The molecule has 0 aliphatic rings. The highest BCUT2D eigenvalue weighted by molar-refractivity contribution is 5.97. The zero-order valence-electron chi connectivity index (χ0n) is 13.0. The molecule has 0 fully saturated rings. The maximum Gasteiger partial charge on any atom is 0.344 e. The number of hydrogen-bond acceptors (Lipinski definition) is 6. The molecule has 0 unspecified atom stereocenters. The van der Waals surface area contributed by atoms with Crippen molar-refractivity contribution in [3.63, 3.8) is 0 Å². The Kier molecular flexibility index (Phi) is 6.72. The van der Waals surface area contributed by atoms with Gasteiger partial charge < -0.3 is 14.8 Å². The second kappa shape index (κ2) is 8.52. The zero-order chi connectivity index (χ0) is 17.4. The molecule has 3 amide bonds. The first-order chi connectivity index (χ1) is 10.8. The monoisotopic (exact) mass is 322 g/mol. The summed E-state index contributed by atoms with van der Waals surface area (Å²) >= 11 is 0. The summed E-state index contributed by atoms with van der Waals surface area (Å²) in [4.78, 5) is 45.2. The smallest absolute Gasteiger partial charge is 0.344 e. The quantitative estimate of drug-likeness (QED) is 0.588. The van der Waals surface area contributed by atoms with Gasteiger partial charge in [0, 0.05) is 12.6 Å². The van der Waals surface area contributed by atoms with Crippen molar-refractivity contribution >= 4 is 23.7 Å². The highest BCUT2D eigenvalue weighted by Gasteiger charge is 2.19. The number of ether oxygens (including phenoxy) is 2. The van der Waals surface area contributed by atoms with Crippen molar-refractivity contribution in [3.8, 4) is 5.75 Å². The molecule has 1 rings (SSSR count). The summed E-state index contributed by atoms with van der Waals surface area (Å²) in [5.41, 5.74) is 0.527. The number of carbonyl (C=O) groups is 4. The maximum atomic E-state index is 11.6. The van der Waals surface area contributed by atoms with Crippen molar-refractivity contribution in [2.75, 3.05) is 13.7 Å². The number of hydrogen-bond donors (Lipinski definition) is 2. The Hall–Kier alpha value is -2.90. The zero-order valence-corrected chi connectivity index (χ0v) is 13.0. The molecular weight excluding hydrogens is 304 g/mol. The van der Waals surface area contributed by atoms with Gasteiger partial charge in [-0.15, -0.1) is 0 Å². The molecule has 0 aliphatic heterocycles. The van der Waals surface area contributed by atoms with Gasteiger partial charge >= 0.3 is 12.0 Å². The van der Waals surface area contributed by atoms with E-state index < -0.39 is 30.6 Å². The van der Waals surface area contributed by atoms with E-state index in [0.29, 0.717) is 11.3 Å². The Morgan fingerprint density at radius 1 is 1.13 bits per heavy atom. The van der Waals surface area contributed by atoms with Crippen LogP contribution in [0.2, 0.25) is 0 Å². The molecular formula is C15H18N2O6. The number of imide groups is 1. The molecule has 0 bridgehead atoms. The van der Waals surface area contributed by atoms with Crippen LogP contribution in [-0.2, 0) is 14.3 Å². The van der Waals surface area contributed by atoms with E-state index >= 15 is 0 Å². The molecule has 0 heterocycles. The molecule has 0 saturated heterocycles. The van der Waals surface area contributed by atoms with Crippen molar-refractivity contribution in [2.24, 2.45) is 0 Å². The normalized spacial score (nSPS) is 11.1. The van der Waals surface area contributed by atoms with E-state index in [1.165, 1.54) is 20.9 Å². The molecule has 0 radical (unpaired) electrons. The van der Waals surface area contributed by atoms with E-state index in [4.69, 9.17) is 9.47 Å². The second-order valence-electron chi connectivity index (χ2n) is 4.57. The largest absolute Gasteiger partial charge is 0.482 e. The lowest BCUT2D eigenvalue weighted by Crippen LogP contribution is -2.43. The van der Waals surface area contributed by atoms with Gasteiger partial charge in [0.15, 0.2) is 18.5 Å². The summed E-state index contributed by atoms with van der Waals surface area (Å²) in [6, 6.07) is 5.54. The molecule has 1 aromatic rings. The van der Waals surface area contributed by atoms with E-state index in [2.05, 4.69) is 5.32 Å². The van der Waals surface area contributed by atoms with Crippen LogP contribution in [0, 0.1) is 0 Å². The van der Waals surface area contributed by atoms with Crippen LogP contribution in [0.3, 0.4) is 0 Å². The summed E-state index contributed by atoms with van der Waals surface area (Å²) in [7, 11) is 1.35. The molecule has 2 N–H and O–H groups in total. The first kappa shape index (κ1) is 18.1. The number of carbonyl (C=O) groups excluding carboxylic acids is 4. The van der Waals surface area contributed by atoms with Gasteiger partial charge in [0.1, 0.15) is 5.75 Å². The molecule has 8 heteroatoms. The minimum atomic E-state index is -1.14. The fraction of sp³-hybridized carbons (Fsp3) is 0.333. The van der Waals surface area contributed by atoms with E-state index in [9.17, 15) is 19.2 Å². The van der Waals surface area contributed by atoms with Gasteiger partial charge in [-0.05, 0) is 38.1 Å². The number of ketones is 1. The average Bonchev–Trinajstić information content (AvgIpc) is 2.52. The fourth-order valence-corrected chi connectivity index (χ4v) is 1.49. The summed E-state index contributed by atoms with van der Waals surface area (Å²) in [5.74, 6) is -1.20. The summed E-state index contributed by atoms with van der Waals surface area (Å²) < 4.78 is 10.0. The number of amides is 3. The Morgan fingerprint density at radius 3 is 2.26 bits per heavy atom. The third-order valence-electron chi connectivity index (χ3n) is 2.76. The number of Topliss-reactive ketones (excluding diaryl/α,β-unsaturated/α-hetero) is 1. The van der Waals surface area contributed by atoms with Crippen molar-refractivity contribution in [3.05, 3.63) is 29.8 Å². The average molecular weight is 322 g/mol. The van der Waals surface area contributed by atoms with Gasteiger partial charge in [-0.2, -0.15) is 0 Å². The van der Waals surface area contributed by atoms with Crippen LogP contribution in [-0.4, -0.2) is 43.4 Å². The van der Waals surface area contributed by atoms with Gasteiger partial charge in [-0.25, -0.2) is 9.59 Å². The van der Waals surface area contributed by atoms with Crippen molar-refractivity contribution in [1.82, 2.24) is 10.6 Å². The molecule has 0 aromatic heterocycles. The number of nitrogens with one attached hydrogen (secondary N) is 2. The summed E-state index contributed by atoms with van der Waals surface area (Å²) in [6.45, 7) is 2.37. The second-order valence-corrected chi connectivity index (χ2v) is 4.57. The number of benzene rings is 1. The Balaban J connectivity index is 2.43. The van der Waals surface area contributed by atoms with Crippen LogP contribution in [0.5, 0.6) is 5.75 Å². The van der Waals surface area contributed by atoms with Gasteiger partial charge in [-0.3, -0.25) is 14.9 Å². The standard InChI is InChI=1S/C15H18N2O6/c1-9(18)11-4-6-12(7-5-11)22-8-13(19)23-10(2)14(20)17-15(21)16-3/h4-7,10H,8H2,1-3H3,(H2,16,17,20,21)/t10-/m1/s1. The Morgan fingerprint density at radius 2 is 1.74 bits per heavy atom. The molecule has 124 valence electrons. The number of esters is 1. The number of urea groups is 1. The topological polar surface area (TPSA) is 111 Å². The minimum Gasteiger partial charge on any atom is -0.482 e. The van der Waals surface area contributed by atoms with Gasteiger partial charge in [0.25, 0.3) is 5.91 Å². The molecule has 0 spiro atoms. The van der Waals surface area contributed by atoms with Crippen LogP contribution in [0.4, 0.5) is 4.79 Å². The molecule has 8 nitrogen and oxygen atoms in total. The highest BCUT2D eigenvalue weighted by Crippen LogP contribution is 2.12. The van der Waals surface area contributed by atoms with Crippen LogP contribution in [0.1, 0.15) is 24.2 Å².